The number of halogens is 1. The van der Waals surface area contributed by atoms with Gasteiger partial charge in [-0.1, -0.05) is 109 Å². The summed E-state index contributed by atoms with van der Waals surface area (Å²) in [6.45, 7) is 8.63. The standard InChI is InChI=1S/C70H67FN8O7/c1-43-38-76(39-47-23-29-58-60(35-47)75(4)69(83)79(58)59-30-31-61(80)72-67(59)81)33-34-77(43)68(82)49-24-21-46(22-25-49)42-86-66-64(54(48-26-27-48)36-50-28-32-62(73-65(50)66)85-41-44(2)84-5)63-45(3)56(71)37-57-55(63)40-78(74-57)70(51-15-9-6-10-16-51,52-17-11-7-12-18-52)53-19-13-8-14-20-53/h6-25,28-29,32,35-37,40,43-44,48,59H,26-27,30-31,33-34,38-39,41-42H2,1-5H3,(H,72,80,81)/t43-,44-,59?/m0/s1. The second-order valence-corrected chi connectivity index (χ2v) is 23.3. The van der Waals surface area contributed by atoms with Gasteiger partial charge in [-0.2, -0.15) is 5.10 Å². The number of benzene rings is 7. The van der Waals surface area contributed by atoms with Crippen molar-refractivity contribution in [1.82, 2.24) is 39.0 Å². The van der Waals surface area contributed by atoms with Gasteiger partial charge in [0.25, 0.3) is 5.91 Å². The molecule has 3 aromatic heterocycles. The molecule has 1 saturated carbocycles. The van der Waals surface area contributed by atoms with Crippen molar-refractivity contribution in [3.8, 4) is 22.8 Å². The molecular weight excluding hydrogens is 1080 g/mol. The van der Waals surface area contributed by atoms with E-state index in [9.17, 15) is 19.2 Å². The number of imidazole rings is 1. The van der Waals surface area contributed by atoms with Crippen molar-refractivity contribution in [3.05, 3.63) is 225 Å². The third-order valence-electron chi connectivity index (χ3n) is 17.6. The van der Waals surface area contributed by atoms with Gasteiger partial charge in [-0.3, -0.25) is 38.4 Å². The van der Waals surface area contributed by atoms with Crippen molar-refractivity contribution in [2.24, 2.45) is 7.05 Å². The van der Waals surface area contributed by atoms with Crippen molar-refractivity contribution in [2.75, 3.05) is 33.4 Å². The first-order valence-electron chi connectivity index (χ1n) is 29.6. The maximum Gasteiger partial charge on any atom is 0.329 e. The summed E-state index contributed by atoms with van der Waals surface area (Å²) in [5, 5.41) is 9.38. The van der Waals surface area contributed by atoms with Crippen LogP contribution in [-0.4, -0.2) is 96.9 Å². The Morgan fingerprint density at radius 2 is 1.45 bits per heavy atom. The number of carbonyl (C=O) groups is 3. The number of fused-ring (bicyclic) bond motifs is 3. The molecule has 1 N–H and O–H groups in total. The minimum absolute atomic E-state index is 0.0669. The minimum atomic E-state index is -0.960. The maximum atomic E-state index is 17.1. The fourth-order valence-corrected chi connectivity index (χ4v) is 12.9. The highest BCUT2D eigenvalue weighted by atomic mass is 19.1. The normalized spacial score (nSPS) is 17.1. The van der Waals surface area contributed by atoms with Crippen molar-refractivity contribution < 1.29 is 33.0 Å². The van der Waals surface area contributed by atoms with E-state index < -0.39 is 23.3 Å². The van der Waals surface area contributed by atoms with Gasteiger partial charge in [-0.05, 0) is 121 Å². The molecule has 10 aromatic rings. The van der Waals surface area contributed by atoms with E-state index in [1.54, 1.807) is 24.8 Å². The number of methoxy groups -OCH3 is 1. The van der Waals surface area contributed by atoms with Crippen LogP contribution in [0.2, 0.25) is 0 Å². The number of nitrogens with one attached hydrogen (secondary N) is 1. The van der Waals surface area contributed by atoms with E-state index in [4.69, 9.17) is 24.3 Å². The number of imide groups is 1. The number of nitrogens with zero attached hydrogens (tertiary/aromatic N) is 7. The third kappa shape index (κ3) is 10.2. The molecule has 436 valence electrons. The molecule has 2 saturated heterocycles. The average molecular weight is 1150 g/mol. The third-order valence-corrected chi connectivity index (χ3v) is 17.6. The lowest BCUT2D eigenvalue weighted by Crippen LogP contribution is -2.53. The predicted molar refractivity (Wildman–Crippen MR) is 329 cm³/mol. The van der Waals surface area contributed by atoms with Crippen LogP contribution in [0.25, 0.3) is 44.0 Å². The highest BCUT2D eigenvalue weighted by Crippen LogP contribution is 2.53. The molecule has 86 heavy (non-hydrogen) atoms. The minimum Gasteiger partial charge on any atom is -0.486 e. The summed E-state index contributed by atoms with van der Waals surface area (Å²) >= 11 is 0. The lowest BCUT2D eigenvalue weighted by Gasteiger charge is -2.40. The van der Waals surface area contributed by atoms with Crippen molar-refractivity contribution >= 4 is 50.6 Å². The zero-order valence-corrected chi connectivity index (χ0v) is 48.8. The van der Waals surface area contributed by atoms with Crippen LogP contribution < -0.4 is 20.5 Å². The second kappa shape index (κ2) is 23.0. The molecule has 1 aliphatic carbocycles. The Balaban J connectivity index is 0.817. The van der Waals surface area contributed by atoms with E-state index in [2.05, 4.69) is 65.8 Å². The first kappa shape index (κ1) is 55.9. The lowest BCUT2D eigenvalue weighted by atomic mass is 9.77. The molecule has 3 atom stereocenters. The molecule has 0 spiro atoms. The van der Waals surface area contributed by atoms with Gasteiger partial charge in [-0.15, -0.1) is 0 Å². The number of piperidine rings is 1. The molecule has 3 aliphatic rings. The van der Waals surface area contributed by atoms with Gasteiger partial charge in [0.15, 0.2) is 5.75 Å². The first-order chi connectivity index (χ1) is 41.8. The number of hydrogen-bond donors (Lipinski definition) is 1. The van der Waals surface area contributed by atoms with Crippen LogP contribution >= 0.6 is 0 Å². The highest BCUT2D eigenvalue weighted by Gasteiger charge is 2.41. The number of carbonyl (C=O) groups excluding carboxylic acids is 3. The van der Waals surface area contributed by atoms with Gasteiger partial charge in [0.2, 0.25) is 17.7 Å². The number of ether oxygens (including phenoxy) is 3. The summed E-state index contributed by atoms with van der Waals surface area (Å²) in [7, 11) is 3.34. The molecule has 2 aliphatic heterocycles. The first-order valence-corrected chi connectivity index (χ1v) is 29.6. The number of rotatable bonds is 17. The van der Waals surface area contributed by atoms with E-state index in [-0.39, 0.29) is 61.6 Å². The fourth-order valence-electron chi connectivity index (χ4n) is 12.9. The summed E-state index contributed by atoms with van der Waals surface area (Å²) in [5.74, 6) is -0.162. The van der Waals surface area contributed by atoms with Crippen LogP contribution in [0.5, 0.6) is 11.6 Å². The lowest BCUT2D eigenvalue weighted by molar-refractivity contribution is -0.135. The Morgan fingerprint density at radius 1 is 0.779 bits per heavy atom. The Hall–Kier alpha value is -9.25. The quantitative estimate of drug-likeness (QED) is 0.0688. The van der Waals surface area contributed by atoms with Crippen LogP contribution in [-0.2, 0) is 40.1 Å². The molecule has 3 fully saturated rings. The van der Waals surface area contributed by atoms with Gasteiger partial charge in [0.05, 0.1) is 22.7 Å². The van der Waals surface area contributed by atoms with Crippen molar-refractivity contribution in [3.63, 3.8) is 0 Å². The summed E-state index contributed by atoms with van der Waals surface area (Å²) in [6.07, 6.45) is 4.26. The Kier molecular flexibility index (Phi) is 14.9. The molecule has 5 heterocycles. The molecule has 3 amide bonds. The molecule has 15 nitrogen and oxygen atoms in total. The zero-order chi connectivity index (χ0) is 59.4. The molecule has 0 radical (unpaired) electrons. The fraction of sp³-hybridized carbons (Fsp3) is 0.286. The van der Waals surface area contributed by atoms with E-state index in [0.717, 1.165) is 62.6 Å². The summed E-state index contributed by atoms with van der Waals surface area (Å²) in [4.78, 5) is 61.8. The molecule has 1 unspecified atom stereocenters. The van der Waals surface area contributed by atoms with Gasteiger partial charge in [0.1, 0.15) is 36.1 Å². The van der Waals surface area contributed by atoms with E-state index >= 15 is 4.39 Å². The number of pyridine rings is 1. The average Bonchev–Trinajstić information content (AvgIpc) is 1.48. The van der Waals surface area contributed by atoms with Gasteiger partial charge < -0.3 is 19.1 Å². The Bertz CT molecular complexity index is 4200. The number of aryl methyl sites for hydroxylation is 1. The molecule has 16 heteroatoms. The Morgan fingerprint density at radius 3 is 2.09 bits per heavy atom. The van der Waals surface area contributed by atoms with Crippen LogP contribution in [0.1, 0.15) is 101 Å². The van der Waals surface area contributed by atoms with E-state index in [1.807, 2.05) is 133 Å². The van der Waals surface area contributed by atoms with Crippen LogP contribution in [0.3, 0.4) is 0 Å². The van der Waals surface area contributed by atoms with E-state index in [0.29, 0.717) is 76.6 Å². The highest BCUT2D eigenvalue weighted by molar-refractivity contribution is 6.04. The molecule has 13 rings (SSSR count). The Labute approximate surface area is 497 Å². The molecule has 0 bridgehead atoms. The predicted octanol–water partition coefficient (Wildman–Crippen LogP) is 11.4. The zero-order valence-electron chi connectivity index (χ0n) is 48.8. The smallest absolute Gasteiger partial charge is 0.329 e. The largest absolute Gasteiger partial charge is 0.486 e. The number of hydrogen-bond acceptors (Lipinski definition) is 10. The van der Waals surface area contributed by atoms with Crippen molar-refractivity contribution in [2.45, 2.75) is 89.3 Å². The SMILES string of the molecule is CO[C@@H](C)COc1ccc2cc(C3CC3)c(-c3c(C)c(F)cc4nn(C(c5ccccc5)(c5ccccc5)c5ccccc5)cc34)c(OCc3ccc(C(=O)N4CCN(Cc5ccc6c(c5)n(C)c(=O)n6C5CCC(=O)NC5=O)C[C@@H]4C)cc3)c2n1. The topological polar surface area (TPSA) is 155 Å². The monoisotopic (exact) mass is 1150 g/mol. The maximum absolute atomic E-state index is 17.1. The number of piperazine rings is 1. The number of aromatic nitrogens is 5. The van der Waals surface area contributed by atoms with E-state index in [1.165, 1.54) is 4.57 Å². The molecular formula is C70H67FN8O7. The summed E-state index contributed by atoms with van der Waals surface area (Å²) in [5.41, 5.74) is 9.43. The second-order valence-electron chi connectivity index (χ2n) is 23.3. The summed E-state index contributed by atoms with van der Waals surface area (Å²) < 4.78 is 41.1. The molecule has 7 aromatic carbocycles. The van der Waals surface area contributed by atoms with Crippen LogP contribution in [0, 0.1) is 12.7 Å². The van der Waals surface area contributed by atoms with Gasteiger partial charge in [-0.25, -0.2) is 14.2 Å². The van der Waals surface area contributed by atoms with Gasteiger partial charge in [0, 0.05) is 98.6 Å². The van der Waals surface area contributed by atoms with Crippen molar-refractivity contribution in [1.29, 1.82) is 0 Å². The van der Waals surface area contributed by atoms with Gasteiger partial charge >= 0.3 is 5.69 Å². The van der Waals surface area contributed by atoms with Crippen LogP contribution in [0.4, 0.5) is 4.39 Å². The van der Waals surface area contributed by atoms with Crippen LogP contribution in [0.15, 0.2) is 169 Å². The summed E-state index contributed by atoms with van der Waals surface area (Å²) in [6, 6.07) is 51.1. The number of amides is 3.